The summed E-state index contributed by atoms with van der Waals surface area (Å²) in [5, 5.41) is 10.6. The highest BCUT2D eigenvalue weighted by atomic mass is 32.2. The van der Waals surface area contributed by atoms with Gasteiger partial charge < -0.3 is 10.6 Å². The number of nitrogens with two attached hydrogens (primary N) is 1. The van der Waals surface area contributed by atoms with Crippen molar-refractivity contribution in [3.63, 3.8) is 0 Å². The quantitative estimate of drug-likeness (QED) is 0.742. The van der Waals surface area contributed by atoms with Gasteiger partial charge in [0.2, 0.25) is 15.9 Å². The third kappa shape index (κ3) is 4.06. The van der Waals surface area contributed by atoms with Gasteiger partial charge in [-0.2, -0.15) is 0 Å². The molecule has 2 aromatic carbocycles. The van der Waals surface area contributed by atoms with Crippen LogP contribution in [0.25, 0.3) is 0 Å². The summed E-state index contributed by atoms with van der Waals surface area (Å²) in [5.74, 6) is 0.176. The number of sulfonamides is 1. The number of amides is 2. The second kappa shape index (κ2) is 7.10. The summed E-state index contributed by atoms with van der Waals surface area (Å²) in [6.07, 6.45) is 0.417. The molecule has 0 bridgehead atoms. The standard InChI is InChI=1S/C17H17N3O4S2/c1-10-2-4-12(9-15(10)26(18,23)24)19-17(22)11-3-5-14-13(8-11)20-16(21)6-7-25-14/h2-5,8-9H,6-7H2,1H3,(H,19,22)(H,20,21)(H2,18,23,24). The Balaban J connectivity index is 1.86. The molecule has 1 heterocycles. The lowest BCUT2D eigenvalue weighted by Crippen LogP contribution is -2.16. The fraction of sp³-hybridized carbons (Fsp3) is 0.176. The Bertz CT molecular complexity index is 1000. The second-order valence-corrected chi connectivity index (χ2v) is 8.50. The Morgan fingerprint density at radius 2 is 2.00 bits per heavy atom. The van der Waals surface area contributed by atoms with Crippen LogP contribution in [0.3, 0.4) is 0 Å². The first kappa shape index (κ1) is 18.4. The van der Waals surface area contributed by atoms with Crippen molar-refractivity contribution in [2.45, 2.75) is 23.1 Å². The number of benzene rings is 2. The van der Waals surface area contributed by atoms with Crippen LogP contribution in [0.4, 0.5) is 11.4 Å². The van der Waals surface area contributed by atoms with Gasteiger partial charge in [-0.05, 0) is 42.8 Å². The van der Waals surface area contributed by atoms with Crippen LogP contribution in [0, 0.1) is 6.92 Å². The minimum absolute atomic E-state index is 0.0408. The lowest BCUT2D eigenvalue weighted by atomic mass is 10.1. The van der Waals surface area contributed by atoms with Gasteiger partial charge in [0.1, 0.15) is 0 Å². The van der Waals surface area contributed by atoms with Gasteiger partial charge in [0, 0.05) is 28.3 Å². The van der Waals surface area contributed by atoms with Gasteiger partial charge in [0.05, 0.1) is 10.6 Å². The lowest BCUT2D eigenvalue weighted by molar-refractivity contribution is -0.115. The van der Waals surface area contributed by atoms with Gasteiger partial charge >= 0.3 is 0 Å². The summed E-state index contributed by atoms with van der Waals surface area (Å²) in [6, 6.07) is 9.55. The normalized spacial score (nSPS) is 14.2. The summed E-state index contributed by atoms with van der Waals surface area (Å²) in [4.78, 5) is 25.1. The third-order valence-corrected chi connectivity index (χ3v) is 5.98. The highest BCUT2D eigenvalue weighted by molar-refractivity contribution is 7.99. The molecule has 0 unspecified atom stereocenters. The Morgan fingerprint density at radius 1 is 1.23 bits per heavy atom. The Morgan fingerprint density at radius 3 is 2.73 bits per heavy atom. The first-order valence-corrected chi connectivity index (χ1v) is 10.3. The monoisotopic (exact) mass is 391 g/mol. The fourth-order valence-electron chi connectivity index (χ4n) is 2.55. The average Bonchev–Trinajstić information content (AvgIpc) is 2.75. The first-order valence-electron chi connectivity index (χ1n) is 7.75. The number of carbonyl (C=O) groups is 2. The molecule has 0 radical (unpaired) electrons. The molecule has 136 valence electrons. The van der Waals surface area contributed by atoms with Gasteiger partial charge in [-0.15, -0.1) is 11.8 Å². The molecule has 3 rings (SSSR count). The number of rotatable bonds is 3. The molecule has 1 aliphatic rings. The smallest absolute Gasteiger partial charge is 0.255 e. The number of hydrogen-bond donors (Lipinski definition) is 3. The molecule has 1 aliphatic heterocycles. The minimum atomic E-state index is -3.88. The number of anilines is 2. The highest BCUT2D eigenvalue weighted by Gasteiger charge is 2.17. The summed E-state index contributed by atoms with van der Waals surface area (Å²) in [7, 11) is -3.88. The number of carbonyl (C=O) groups excluding carboxylic acids is 2. The van der Waals surface area contributed by atoms with E-state index in [0.717, 1.165) is 4.90 Å². The number of nitrogens with one attached hydrogen (secondary N) is 2. The predicted octanol–water partition coefficient (Wildman–Crippen LogP) is 2.33. The van der Waals surface area contributed by atoms with Crippen molar-refractivity contribution in [3.8, 4) is 0 Å². The van der Waals surface area contributed by atoms with Crippen molar-refractivity contribution in [2.24, 2.45) is 5.14 Å². The van der Waals surface area contributed by atoms with Gasteiger partial charge in [-0.1, -0.05) is 6.07 Å². The molecule has 0 spiro atoms. The van der Waals surface area contributed by atoms with E-state index >= 15 is 0 Å². The predicted molar refractivity (Wildman–Crippen MR) is 101 cm³/mol. The van der Waals surface area contributed by atoms with Crippen LogP contribution in [-0.2, 0) is 14.8 Å². The number of primary sulfonamides is 1. The van der Waals surface area contributed by atoms with E-state index in [-0.39, 0.29) is 10.8 Å². The summed E-state index contributed by atoms with van der Waals surface area (Å²) in [6.45, 7) is 1.62. The molecule has 26 heavy (non-hydrogen) atoms. The molecule has 0 saturated heterocycles. The van der Waals surface area contributed by atoms with Gasteiger partial charge in [-0.25, -0.2) is 13.6 Å². The van der Waals surface area contributed by atoms with Crippen molar-refractivity contribution < 1.29 is 18.0 Å². The molecule has 0 aromatic heterocycles. The summed E-state index contributed by atoms with van der Waals surface area (Å²) in [5.41, 5.74) is 1.76. The molecule has 2 aromatic rings. The molecule has 4 N–H and O–H groups in total. The SMILES string of the molecule is Cc1ccc(NC(=O)c2ccc3c(c2)NC(=O)CCS3)cc1S(N)(=O)=O. The zero-order valence-electron chi connectivity index (χ0n) is 13.9. The van der Waals surface area contributed by atoms with E-state index in [1.807, 2.05) is 0 Å². The molecule has 9 heteroatoms. The van der Waals surface area contributed by atoms with E-state index in [4.69, 9.17) is 5.14 Å². The molecule has 7 nitrogen and oxygen atoms in total. The van der Waals surface area contributed by atoms with Crippen LogP contribution in [0.15, 0.2) is 46.2 Å². The molecular formula is C17H17N3O4S2. The summed E-state index contributed by atoms with van der Waals surface area (Å²) >= 11 is 1.55. The van der Waals surface area contributed by atoms with Crippen LogP contribution in [0.5, 0.6) is 0 Å². The number of thioether (sulfide) groups is 1. The number of fused-ring (bicyclic) bond motifs is 1. The van der Waals surface area contributed by atoms with Crippen LogP contribution >= 0.6 is 11.8 Å². The van der Waals surface area contributed by atoms with E-state index in [1.54, 1.807) is 49.0 Å². The third-order valence-electron chi connectivity index (χ3n) is 3.86. The van der Waals surface area contributed by atoms with Crippen molar-refractivity contribution in [3.05, 3.63) is 47.5 Å². The lowest BCUT2D eigenvalue weighted by Gasteiger charge is -2.11. The largest absolute Gasteiger partial charge is 0.325 e. The number of hydrogen-bond acceptors (Lipinski definition) is 5. The van der Waals surface area contributed by atoms with E-state index in [2.05, 4.69) is 10.6 Å². The topological polar surface area (TPSA) is 118 Å². The van der Waals surface area contributed by atoms with E-state index < -0.39 is 15.9 Å². The van der Waals surface area contributed by atoms with Crippen molar-refractivity contribution >= 4 is 45.0 Å². The molecule has 0 aliphatic carbocycles. The fourth-order valence-corrected chi connectivity index (χ4v) is 4.29. The zero-order valence-corrected chi connectivity index (χ0v) is 15.5. The van der Waals surface area contributed by atoms with Crippen molar-refractivity contribution in [1.82, 2.24) is 0 Å². The molecule has 0 fully saturated rings. The van der Waals surface area contributed by atoms with Gasteiger partial charge in [-0.3, -0.25) is 9.59 Å². The Kier molecular flexibility index (Phi) is 5.03. The maximum absolute atomic E-state index is 12.5. The van der Waals surface area contributed by atoms with Gasteiger partial charge in [0.25, 0.3) is 5.91 Å². The van der Waals surface area contributed by atoms with E-state index in [9.17, 15) is 18.0 Å². The van der Waals surface area contributed by atoms with Crippen molar-refractivity contribution in [1.29, 1.82) is 0 Å². The Labute approximate surface area is 155 Å². The molecule has 2 amide bonds. The van der Waals surface area contributed by atoms with E-state index in [0.29, 0.717) is 34.7 Å². The van der Waals surface area contributed by atoms with Crippen LogP contribution in [-0.4, -0.2) is 26.0 Å². The zero-order chi connectivity index (χ0) is 18.9. The maximum atomic E-state index is 12.5. The highest BCUT2D eigenvalue weighted by Crippen LogP contribution is 2.31. The summed E-state index contributed by atoms with van der Waals surface area (Å²) < 4.78 is 23.2. The van der Waals surface area contributed by atoms with E-state index in [1.165, 1.54) is 6.07 Å². The maximum Gasteiger partial charge on any atom is 0.255 e. The molecular weight excluding hydrogens is 374 g/mol. The number of aryl methyl sites for hydroxylation is 1. The van der Waals surface area contributed by atoms with Crippen LogP contribution in [0.2, 0.25) is 0 Å². The van der Waals surface area contributed by atoms with Gasteiger partial charge in [0.15, 0.2) is 0 Å². The minimum Gasteiger partial charge on any atom is -0.325 e. The average molecular weight is 391 g/mol. The molecule has 0 saturated carbocycles. The second-order valence-electron chi connectivity index (χ2n) is 5.84. The van der Waals surface area contributed by atoms with Crippen molar-refractivity contribution in [2.75, 3.05) is 16.4 Å². The molecule has 0 atom stereocenters. The van der Waals surface area contributed by atoms with Crippen LogP contribution in [0.1, 0.15) is 22.3 Å². The van der Waals surface area contributed by atoms with Crippen LogP contribution < -0.4 is 15.8 Å². The Hall–Kier alpha value is -2.36. The first-order chi connectivity index (χ1) is 12.2.